The van der Waals surface area contributed by atoms with E-state index in [0.717, 1.165) is 96.3 Å². The van der Waals surface area contributed by atoms with Crippen LogP contribution in [0, 0.1) is 0 Å². The van der Waals surface area contributed by atoms with Crippen molar-refractivity contribution in [2.75, 3.05) is 39.6 Å². The molecule has 0 heterocycles. The highest BCUT2D eigenvalue weighted by Gasteiger charge is 2.30. The van der Waals surface area contributed by atoms with E-state index >= 15 is 0 Å². The zero-order chi connectivity index (χ0) is 68.2. The van der Waals surface area contributed by atoms with Crippen LogP contribution in [0.25, 0.3) is 0 Å². The Labute approximate surface area is 568 Å². The monoisotopic (exact) mass is 1370 g/mol. The highest BCUT2D eigenvalue weighted by atomic mass is 31.2. The maximum absolute atomic E-state index is 13.1. The molecule has 3 N–H and O–H groups in total. The maximum Gasteiger partial charge on any atom is 0.472 e. The summed E-state index contributed by atoms with van der Waals surface area (Å²) in [6, 6.07) is 0. The van der Waals surface area contributed by atoms with Crippen molar-refractivity contribution in [2.24, 2.45) is 0 Å². The lowest BCUT2D eigenvalue weighted by atomic mass is 10.0. The average Bonchev–Trinajstić information content (AvgIpc) is 3.19. The lowest BCUT2D eigenvalue weighted by molar-refractivity contribution is -0.161. The molecule has 0 bridgehead atoms. The molecule has 552 valence electrons. The summed E-state index contributed by atoms with van der Waals surface area (Å²) in [7, 11) is -9.89. The second-order valence-corrected chi connectivity index (χ2v) is 29.6. The Hall–Kier alpha value is -1.94. The van der Waals surface area contributed by atoms with Crippen molar-refractivity contribution >= 4 is 39.5 Å². The lowest BCUT2D eigenvalue weighted by Gasteiger charge is -2.21. The number of hydrogen-bond acceptors (Lipinski definition) is 15. The van der Waals surface area contributed by atoms with Gasteiger partial charge in [0.25, 0.3) is 0 Å². The Kier molecular flexibility index (Phi) is 67.1. The largest absolute Gasteiger partial charge is 0.472 e. The number of phosphoric acid groups is 2. The molecule has 0 aromatic rings. The Bertz CT molecular complexity index is 1770. The number of carbonyl (C=O) groups is 4. The molecule has 5 atom stereocenters. The van der Waals surface area contributed by atoms with E-state index in [1.807, 2.05) is 0 Å². The molecule has 0 aliphatic carbocycles. The van der Waals surface area contributed by atoms with Crippen LogP contribution in [0.5, 0.6) is 0 Å². The van der Waals surface area contributed by atoms with Gasteiger partial charge in [-0.25, -0.2) is 9.13 Å². The van der Waals surface area contributed by atoms with E-state index in [-0.39, 0.29) is 25.7 Å². The minimum atomic E-state index is -4.95. The summed E-state index contributed by atoms with van der Waals surface area (Å²) in [4.78, 5) is 72.4. The van der Waals surface area contributed by atoms with Gasteiger partial charge in [-0.1, -0.05) is 342 Å². The summed E-state index contributed by atoms with van der Waals surface area (Å²) in [5.41, 5.74) is 0. The van der Waals surface area contributed by atoms with Crippen LogP contribution in [0.3, 0.4) is 0 Å². The predicted octanol–water partition coefficient (Wildman–Crippen LogP) is 21.8. The highest BCUT2D eigenvalue weighted by Crippen LogP contribution is 2.45. The first-order valence-corrected chi connectivity index (χ1v) is 41.8. The first-order chi connectivity index (χ1) is 45.2. The van der Waals surface area contributed by atoms with Gasteiger partial charge in [-0.2, -0.15) is 0 Å². The van der Waals surface area contributed by atoms with Crippen LogP contribution in [0.2, 0.25) is 0 Å². The quantitative estimate of drug-likeness (QED) is 0.0222. The van der Waals surface area contributed by atoms with Crippen LogP contribution in [-0.2, 0) is 65.4 Å². The van der Waals surface area contributed by atoms with Crippen LogP contribution in [0.1, 0.15) is 394 Å². The van der Waals surface area contributed by atoms with Gasteiger partial charge in [-0.05, 0) is 25.7 Å². The standard InChI is InChI=1S/C74H144O17P2/c1-5-9-13-17-20-23-26-29-31-32-33-34-35-37-40-43-46-49-53-57-61-74(79)91-70(65-85-72(77)59-55-51-47-44-41-39-36-30-27-24-21-18-14-10-6-2)67-89-93(82,83)87-63-68(75)62-86-92(80,81)88-66-69(64-84-71(76)58-54-50-16-12-8-4)90-73(78)60-56-52-48-45-42-38-28-25-22-19-15-11-7-3/h68-70,75H,5-67H2,1-4H3,(H,80,81)(H,82,83)/t68-,69+,70+/m0/s1. The third kappa shape index (κ3) is 68.4. The normalized spacial score (nSPS) is 13.9. The zero-order valence-corrected chi connectivity index (χ0v) is 62.0. The molecule has 0 amide bonds. The minimum absolute atomic E-state index is 0.107. The van der Waals surface area contributed by atoms with Crippen LogP contribution in [-0.4, -0.2) is 96.7 Å². The van der Waals surface area contributed by atoms with Gasteiger partial charge in [0, 0.05) is 25.7 Å². The van der Waals surface area contributed by atoms with E-state index in [0.29, 0.717) is 25.7 Å². The summed E-state index contributed by atoms with van der Waals surface area (Å²) in [5, 5.41) is 10.6. The number of aliphatic hydroxyl groups is 1. The highest BCUT2D eigenvalue weighted by molar-refractivity contribution is 7.47. The molecular weight excluding hydrogens is 1220 g/mol. The molecule has 0 aromatic carbocycles. The van der Waals surface area contributed by atoms with Crippen molar-refractivity contribution in [1.29, 1.82) is 0 Å². The summed E-state index contributed by atoms with van der Waals surface area (Å²) in [5.74, 6) is -2.13. The second kappa shape index (κ2) is 68.6. The van der Waals surface area contributed by atoms with Crippen molar-refractivity contribution < 1.29 is 80.2 Å². The maximum atomic E-state index is 13.1. The molecule has 0 aliphatic rings. The fourth-order valence-corrected chi connectivity index (χ4v) is 13.0. The van der Waals surface area contributed by atoms with E-state index < -0.39 is 97.5 Å². The van der Waals surface area contributed by atoms with E-state index in [1.165, 1.54) is 218 Å². The Morgan fingerprint density at radius 1 is 0.258 bits per heavy atom. The summed E-state index contributed by atoms with van der Waals surface area (Å²) in [6.07, 6.45) is 58.7. The smallest absolute Gasteiger partial charge is 0.462 e. The zero-order valence-electron chi connectivity index (χ0n) is 60.2. The second-order valence-electron chi connectivity index (χ2n) is 26.7. The summed E-state index contributed by atoms with van der Waals surface area (Å²) in [6.45, 7) is 4.89. The molecule has 2 unspecified atom stereocenters. The third-order valence-corrected chi connectivity index (χ3v) is 19.3. The van der Waals surface area contributed by atoms with Crippen LogP contribution >= 0.6 is 15.6 Å². The summed E-state index contributed by atoms with van der Waals surface area (Å²) < 4.78 is 68.2. The minimum Gasteiger partial charge on any atom is -0.462 e. The number of hydrogen-bond donors (Lipinski definition) is 3. The predicted molar refractivity (Wildman–Crippen MR) is 377 cm³/mol. The fourth-order valence-electron chi connectivity index (χ4n) is 11.4. The van der Waals surface area contributed by atoms with Gasteiger partial charge in [0.15, 0.2) is 12.2 Å². The number of rotatable bonds is 75. The Balaban J connectivity index is 5.13. The van der Waals surface area contributed by atoms with Gasteiger partial charge in [-0.15, -0.1) is 0 Å². The SMILES string of the molecule is CCCCCCCCCCCCCCCCCCCCCCC(=O)O[C@H](COC(=O)CCCCCCCCCCCCCCCCC)COP(=O)(O)OC[C@@H](O)COP(=O)(O)OC[C@@H](COC(=O)CCCCCCC)OC(=O)CCCCCCCCCCCCCCC. The van der Waals surface area contributed by atoms with Gasteiger partial charge in [0.1, 0.15) is 19.3 Å². The van der Waals surface area contributed by atoms with E-state index in [1.54, 1.807) is 0 Å². The van der Waals surface area contributed by atoms with Crippen LogP contribution in [0.15, 0.2) is 0 Å². The number of ether oxygens (including phenoxy) is 4. The van der Waals surface area contributed by atoms with Gasteiger partial charge < -0.3 is 33.8 Å². The Morgan fingerprint density at radius 3 is 0.634 bits per heavy atom. The van der Waals surface area contributed by atoms with E-state index in [2.05, 4.69) is 27.7 Å². The molecule has 93 heavy (non-hydrogen) atoms. The summed E-state index contributed by atoms with van der Waals surface area (Å²) >= 11 is 0. The van der Waals surface area contributed by atoms with Crippen LogP contribution < -0.4 is 0 Å². The first-order valence-electron chi connectivity index (χ1n) is 38.8. The molecule has 0 spiro atoms. The average molecular weight is 1370 g/mol. The lowest BCUT2D eigenvalue weighted by Crippen LogP contribution is -2.30. The molecule has 0 saturated heterocycles. The van der Waals surface area contributed by atoms with Gasteiger partial charge >= 0.3 is 39.5 Å². The molecule has 0 aliphatic heterocycles. The number of phosphoric ester groups is 2. The van der Waals surface area contributed by atoms with Gasteiger partial charge in [0.2, 0.25) is 0 Å². The molecule has 17 nitrogen and oxygen atoms in total. The molecule has 0 fully saturated rings. The third-order valence-electron chi connectivity index (χ3n) is 17.4. The van der Waals surface area contributed by atoms with Gasteiger partial charge in [-0.3, -0.25) is 37.3 Å². The van der Waals surface area contributed by atoms with Crippen molar-refractivity contribution in [2.45, 2.75) is 412 Å². The van der Waals surface area contributed by atoms with Crippen molar-refractivity contribution in [3.05, 3.63) is 0 Å². The van der Waals surface area contributed by atoms with E-state index in [4.69, 9.17) is 37.0 Å². The first kappa shape index (κ1) is 91.1. The molecular formula is C74H144O17P2. The topological polar surface area (TPSA) is 237 Å². The fraction of sp³-hybridized carbons (Fsp3) is 0.946. The number of unbranched alkanes of at least 4 members (excludes halogenated alkanes) is 49. The number of aliphatic hydroxyl groups excluding tert-OH is 1. The Morgan fingerprint density at radius 2 is 0.430 bits per heavy atom. The molecule has 19 heteroatoms. The molecule has 0 radical (unpaired) electrons. The molecule has 0 rings (SSSR count). The van der Waals surface area contributed by atoms with Crippen molar-refractivity contribution in [1.82, 2.24) is 0 Å². The molecule has 0 saturated carbocycles. The van der Waals surface area contributed by atoms with Crippen molar-refractivity contribution in [3.8, 4) is 0 Å². The van der Waals surface area contributed by atoms with Crippen molar-refractivity contribution in [3.63, 3.8) is 0 Å². The number of esters is 4. The van der Waals surface area contributed by atoms with E-state index in [9.17, 15) is 43.2 Å². The van der Waals surface area contributed by atoms with Gasteiger partial charge in [0.05, 0.1) is 26.4 Å². The van der Waals surface area contributed by atoms with Crippen LogP contribution in [0.4, 0.5) is 0 Å². The number of carbonyl (C=O) groups excluding carboxylic acids is 4. The molecule has 0 aromatic heterocycles.